The maximum Gasteiger partial charge on any atom is 0.416 e. The summed E-state index contributed by atoms with van der Waals surface area (Å²) in [4.78, 5) is 12.0. The summed E-state index contributed by atoms with van der Waals surface area (Å²) in [6.07, 6.45) is -5.00. The third-order valence-corrected chi connectivity index (χ3v) is 3.65. The molecule has 1 N–H and O–H groups in total. The Morgan fingerprint density at radius 1 is 1.52 bits per heavy atom. The van der Waals surface area contributed by atoms with Gasteiger partial charge >= 0.3 is 6.18 Å². The molecule has 1 fully saturated rings. The Morgan fingerprint density at radius 2 is 2.22 bits per heavy atom. The Balaban J connectivity index is 2.42. The number of aliphatic hydroxyl groups is 1. The van der Waals surface area contributed by atoms with Gasteiger partial charge in [-0.1, -0.05) is 0 Å². The number of alkyl halides is 3. The highest BCUT2D eigenvalue weighted by Crippen LogP contribution is 2.37. The van der Waals surface area contributed by atoms with Crippen molar-refractivity contribution in [1.29, 1.82) is 0 Å². The van der Waals surface area contributed by atoms with E-state index in [0.717, 1.165) is 12.1 Å². The van der Waals surface area contributed by atoms with Crippen molar-refractivity contribution in [2.24, 2.45) is 0 Å². The van der Waals surface area contributed by atoms with E-state index in [1.807, 2.05) is 0 Å². The average molecular weight is 334 g/mol. The van der Waals surface area contributed by atoms with Gasteiger partial charge < -0.3 is 14.7 Å². The lowest BCUT2D eigenvalue weighted by molar-refractivity contribution is -0.384. The molecule has 0 aromatic heterocycles. The van der Waals surface area contributed by atoms with Gasteiger partial charge in [0.1, 0.15) is 5.69 Å². The molecule has 2 unspecified atom stereocenters. The summed E-state index contributed by atoms with van der Waals surface area (Å²) in [6.45, 7) is 2.45. The average Bonchev–Trinajstić information content (AvgIpc) is 2.45. The first-order valence-electron chi connectivity index (χ1n) is 7.08. The van der Waals surface area contributed by atoms with Gasteiger partial charge in [0.2, 0.25) is 0 Å². The monoisotopic (exact) mass is 334 g/mol. The van der Waals surface area contributed by atoms with Crippen LogP contribution in [0.1, 0.15) is 18.9 Å². The minimum Gasteiger partial charge on any atom is -0.393 e. The molecule has 2 atom stereocenters. The van der Waals surface area contributed by atoms with E-state index in [1.165, 1.54) is 0 Å². The first-order chi connectivity index (χ1) is 10.7. The van der Waals surface area contributed by atoms with Gasteiger partial charge in [0.05, 0.1) is 35.8 Å². The largest absolute Gasteiger partial charge is 0.416 e. The molecule has 1 aliphatic heterocycles. The number of aliphatic hydroxyl groups excluding tert-OH is 1. The molecule has 0 saturated carbocycles. The second-order valence-electron chi connectivity index (χ2n) is 5.47. The molecule has 0 radical (unpaired) electrons. The number of anilines is 1. The van der Waals surface area contributed by atoms with Crippen molar-refractivity contribution >= 4 is 11.4 Å². The molecular weight excluding hydrogens is 317 g/mol. The number of nitro benzene ring substituents is 1. The Bertz CT molecular complexity index is 578. The minimum atomic E-state index is -4.65. The minimum absolute atomic E-state index is 0.108. The zero-order chi connectivity index (χ0) is 17.2. The van der Waals surface area contributed by atoms with E-state index in [4.69, 9.17) is 4.74 Å². The van der Waals surface area contributed by atoms with Crippen molar-refractivity contribution in [3.05, 3.63) is 33.9 Å². The molecule has 1 heterocycles. The molecule has 0 aliphatic carbocycles. The Hall–Kier alpha value is -1.87. The van der Waals surface area contributed by atoms with Crippen molar-refractivity contribution in [2.75, 3.05) is 24.7 Å². The summed E-state index contributed by atoms with van der Waals surface area (Å²) in [6, 6.07) is 2.15. The summed E-state index contributed by atoms with van der Waals surface area (Å²) in [7, 11) is 0. The van der Waals surface area contributed by atoms with Crippen LogP contribution in [0.2, 0.25) is 0 Å². The predicted molar refractivity (Wildman–Crippen MR) is 76.3 cm³/mol. The summed E-state index contributed by atoms with van der Waals surface area (Å²) in [5.74, 6) is 0. The maximum atomic E-state index is 12.8. The van der Waals surface area contributed by atoms with Gasteiger partial charge in [-0.15, -0.1) is 0 Å². The quantitative estimate of drug-likeness (QED) is 0.676. The lowest BCUT2D eigenvalue weighted by atomic mass is 10.1. The van der Waals surface area contributed by atoms with Crippen LogP contribution < -0.4 is 4.90 Å². The number of benzene rings is 1. The molecule has 1 aromatic rings. The number of nitrogens with zero attached hydrogens (tertiary/aromatic N) is 2. The van der Waals surface area contributed by atoms with E-state index in [0.29, 0.717) is 25.6 Å². The second-order valence-corrected chi connectivity index (χ2v) is 5.47. The van der Waals surface area contributed by atoms with Crippen molar-refractivity contribution in [2.45, 2.75) is 31.7 Å². The van der Waals surface area contributed by atoms with Crippen LogP contribution >= 0.6 is 0 Å². The molecule has 1 aliphatic rings. The van der Waals surface area contributed by atoms with Crippen molar-refractivity contribution < 1.29 is 27.9 Å². The van der Waals surface area contributed by atoms with Crippen molar-refractivity contribution in [3.63, 3.8) is 0 Å². The molecule has 1 aromatic carbocycles. The Morgan fingerprint density at radius 3 is 2.78 bits per heavy atom. The molecular formula is C14H17F3N2O4. The fourth-order valence-electron chi connectivity index (χ4n) is 2.65. The van der Waals surface area contributed by atoms with Crippen LogP contribution in [0.4, 0.5) is 24.5 Å². The third kappa shape index (κ3) is 4.11. The number of ether oxygens (including phenoxy) is 1. The standard InChI is InChI=1S/C14H17F3N2O4/c1-9(20)6-11-8-23-5-4-18(11)12-3-2-10(14(15,16)17)7-13(12)19(21)22/h2-3,7,9,11,20H,4-6,8H2,1H3. The number of halogens is 3. The highest BCUT2D eigenvalue weighted by Gasteiger charge is 2.35. The lowest BCUT2D eigenvalue weighted by Gasteiger charge is -2.37. The van der Waals surface area contributed by atoms with Gasteiger partial charge in [-0.3, -0.25) is 10.1 Å². The highest BCUT2D eigenvalue weighted by atomic mass is 19.4. The normalized spacial score (nSPS) is 20.4. The van der Waals surface area contributed by atoms with E-state index < -0.39 is 28.5 Å². The second kappa shape index (κ2) is 6.71. The number of rotatable bonds is 4. The fourth-order valence-corrected chi connectivity index (χ4v) is 2.65. The number of morpholine rings is 1. The molecule has 6 nitrogen and oxygen atoms in total. The van der Waals surface area contributed by atoms with E-state index in [9.17, 15) is 28.4 Å². The zero-order valence-electron chi connectivity index (χ0n) is 12.4. The SMILES string of the molecule is CC(O)CC1COCCN1c1ccc(C(F)(F)F)cc1[N+](=O)[O-]. The van der Waals surface area contributed by atoms with Crippen molar-refractivity contribution in [3.8, 4) is 0 Å². The van der Waals surface area contributed by atoms with Crippen LogP contribution in [0.25, 0.3) is 0 Å². The lowest BCUT2D eigenvalue weighted by Crippen LogP contribution is -2.47. The highest BCUT2D eigenvalue weighted by molar-refractivity contribution is 5.65. The van der Waals surface area contributed by atoms with Crippen LogP contribution in [-0.4, -0.2) is 41.9 Å². The van der Waals surface area contributed by atoms with Gasteiger partial charge in [0, 0.05) is 12.6 Å². The Labute approximate surface area is 130 Å². The topological polar surface area (TPSA) is 75.8 Å². The van der Waals surface area contributed by atoms with Crippen LogP contribution in [0, 0.1) is 10.1 Å². The van der Waals surface area contributed by atoms with Gasteiger partial charge in [-0.2, -0.15) is 13.2 Å². The third-order valence-electron chi connectivity index (χ3n) is 3.65. The molecule has 9 heteroatoms. The number of hydrogen-bond donors (Lipinski definition) is 1. The van der Waals surface area contributed by atoms with E-state index in [1.54, 1.807) is 11.8 Å². The summed E-state index contributed by atoms with van der Waals surface area (Å²) < 4.78 is 43.6. The number of hydrogen-bond acceptors (Lipinski definition) is 5. The predicted octanol–water partition coefficient (Wildman–Crippen LogP) is 2.59. The summed E-state index contributed by atoms with van der Waals surface area (Å²) >= 11 is 0. The molecule has 0 bridgehead atoms. The van der Waals surface area contributed by atoms with Gasteiger partial charge in [0.15, 0.2) is 0 Å². The van der Waals surface area contributed by atoms with Crippen LogP contribution in [-0.2, 0) is 10.9 Å². The molecule has 128 valence electrons. The van der Waals surface area contributed by atoms with Crippen LogP contribution in [0.15, 0.2) is 18.2 Å². The molecule has 1 saturated heterocycles. The zero-order valence-corrected chi connectivity index (χ0v) is 12.4. The van der Waals surface area contributed by atoms with E-state index in [-0.39, 0.29) is 18.3 Å². The van der Waals surface area contributed by atoms with Gasteiger partial charge in [0.25, 0.3) is 5.69 Å². The molecule has 23 heavy (non-hydrogen) atoms. The first kappa shape index (κ1) is 17.5. The van der Waals surface area contributed by atoms with Crippen molar-refractivity contribution in [1.82, 2.24) is 0 Å². The fraction of sp³-hybridized carbons (Fsp3) is 0.571. The van der Waals surface area contributed by atoms with E-state index >= 15 is 0 Å². The van der Waals surface area contributed by atoms with E-state index in [2.05, 4.69) is 0 Å². The van der Waals surface area contributed by atoms with Gasteiger partial charge in [-0.05, 0) is 25.5 Å². The smallest absolute Gasteiger partial charge is 0.393 e. The number of nitro groups is 1. The Kier molecular flexibility index (Phi) is 5.10. The van der Waals surface area contributed by atoms with Gasteiger partial charge in [-0.25, -0.2) is 0 Å². The molecule has 0 amide bonds. The molecule has 2 rings (SSSR count). The molecule has 0 spiro atoms. The maximum absolute atomic E-state index is 12.8. The summed E-state index contributed by atoms with van der Waals surface area (Å²) in [5.41, 5.74) is -1.55. The van der Waals surface area contributed by atoms with Crippen LogP contribution in [0.5, 0.6) is 0 Å². The van der Waals surface area contributed by atoms with Crippen LogP contribution in [0.3, 0.4) is 0 Å². The summed E-state index contributed by atoms with van der Waals surface area (Å²) in [5, 5.41) is 20.7. The first-order valence-corrected chi connectivity index (χ1v) is 7.08.